The zero-order valence-corrected chi connectivity index (χ0v) is 11.0. The van der Waals surface area contributed by atoms with Crippen molar-refractivity contribution >= 4 is 23.1 Å². The van der Waals surface area contributed by atoms with Crippen molar-refractivity contribution in [3.8, 4) is 0 Å². The number of hydrogen-bond acceptors (Lipinski definition) is 4. The first-order valence-corrected chi connectivity index (χ1v) is 5.95. The molecular weight excluding hydrogens is 262 g/mol. The average molecular weight is 274 g/mol. The Kier molecular flexibility index (Phi) is 4.20. The molecule has 2 rings (SSSR count). The third-order valence-corrected chi connectivity index (χ3v) is 2.55. The number of nitrogens with two attached hydrogens (primary N) is 1. The molecule has 0 atom stereocenters. The molecule has 0 fully saturated rings. The van der Waals surface area contributed by atoms with E-state index in [0.717, 1.165) is 11.3 Å². The predicted molar refractivity (Wildman–Crippen MR) is 76.4 cm³/mol. The molecule has 0 amide bonds. The van der Waals surface area contributed by atoms with Crippen LogP contribution in [0.4, 0.5) is 0 Å². The number of hydrogen-bond donors (Lipinski definition) is 1. The van der Waals surface area contributed by atoms with Gasteiger partial charge < -0.3 is 5.73 Å². The van der Waals surface area contributed by atoms with Gasteiger partial charge in [0.25, 0.3) is 0 Å². The van der Waals surface area contributed by atoms with Crippen LogP contribution in [0.25, 0.3) is 0 Å². The van der Waals surface area contributed by atoms with Crippen molar-refractivity contribution in [2.45, 2.75) is 6.92 Å². The van der Waals surface area contributed by atoms with Crippen molar-refractivity contribution in [3.05, 3.63) is 59.1 Å². The first-order valence-electron chi connectivity index (χ1n) is 5.58. The fourth-order valence-corrected chi connectivity index (χ4v) is 1.53. The smallest absolute Gasteiger partial charge is 0.173 e. The van der Waals surface area contributed by atoms with Crippen LogP contribution >= 0.6 is 11.6 Å². The minimum Gasteiger partial charge on any atom is -0.380 e. The third-order valence-electron chi connectivity index (χ3n) is 2.37. The van der Waals surface area contributed by atoms with Crippen LogP contribution in [-0.2, 0) is 0 Å². The van der Waals surface area contributed by atoms with E-state index >= 15 is 0 Å². The van der Waals surface area contributed by atoms with E-state index in [1.54, 1.807) is 0 Å². The van der Waals surface area contributed by atoms with Gasteiger partial charge in [-0.3, -0.25) is 4.98 Å². The summed E-state index contributed by atoms with van der Waals surface area (Å²) in [5.74, 6) is 0.172. The number of amidine groups is 1. The second kappa shape index (κ2) is 6.06. The van der Waals surface area contributed by atoms with E-state index in [1.807, 2.05) is 37.3 Å². The van der Waals surface area contributed by atoms with Crippen LogP contribution in [0.1, 0.15) is 18.2 Å². The molecule has 1 aromatic carbocycles. The maximum atomic E-state index is 5.77. The van der Waals surface area contributed by atoms with Crippen molar-refractivity contribution in [3.63, 3.8) is 0 Å². The highest BCUT2D eigenvalue weighted by molar-refractivity contribution is 6.29. The van der Waals surface area contributed by atoms with Gasteiger partial charge in [0.2, 0.25) is 0 Å². The lowest BCUT2D eigenvalue weighted by Gasteiger charge is -1.99. The Labute approximate surface area is 115 Å². The monoisotopic (exact) mass is 273 g/mol. The molecule has 1 heterocycles. The standard InChI is InChI=1S/C13H12ClN5/c1-9(10-5-3-2-4-6-10)18-19-13(15)11-7-16-8-12(14)17-11/h2-8H,1H3,(H2,15,19). The van der Waals surface area contributed by atoms with Gasteiger partial charge in [0.05, 0.1) is 18.1 Å². The van der Waals surface area contributed by atoms with E-state index in [0.29, 0.717) is 5.69 Å². The molecule has 0 spiro atoms. The number of benzene rings is 1. The Morgan fingerprint density at radius 1 is 1.16 bits per heavy atom. The molecular formula is C13H12ClN5. The second-order valence-corrected chi connectivity index (χ2v) is 4.15. The van der Waals surface area contributed by atoms with Crippen LogP contribution in [0.15, 0.2) is 52.9 Å². The Morgan fingerprint density at radius 3 is 2.58 bits per heavy atom. The van der Waals surface area contributed by atoms with Crippen molar-refractivity contribution in [1.29, 1.82) is 0 Å². The van der Waals surface area contributed by atoms with Crippen LogP contribution in [0.2, 0.25) is 5.15 Å². The van der Waals surface area contributed by atoms with E-state index in [1.165, 1.54) is 12.4 Å². The molecule has 1 aromatic heterocycles. The van der Waals surface area contributed by atoms with Crippen LogP contribution in [0, 0.1) is 0 Å². The first kappa shape index (κ1) is 13.2. The van der Waals surface area contributed by atoms with Gasteiger partial charge in [0.1, 0.15) is 10.8 Å². The van der Waals surface area contributed by atoms with E-state index < -0.39 is 0 Å². The SMILES string of the molecule is CC(=NN=C(N)c1cncc(Cl)n1)c1ccccc1. The predicted octanol–water partition coefficient (Wildman–Crippen LogP) is 2.26. The zero-order valence-electron chi connectivity index (χ0n) is 10.3. The molecule has 0 aliphatic rings. The molecule has 0 radical (unpaired) electrons. The second-order valence-electron chi connectivity index (χ2n) is 3.76. The van der Waals surface area contributed by atoms with Crippen LogP contribution in [0.3, 0.4) is 0 Å². The Morgan fingerprint density at radius 2 is 1.89 bits per heavy atom. The molecule has 96 valence electrons. The summed E-state index contributed by atoms with van der Waals surface area (Å²) >= 11 is 5.73. The van der Waals surface area contributed by atoms with Gasteiger partial charge in [0.15, 0.2) is 5.84 Å². The van der Waals surface area contributed by atoms with Crippen LogP contribution in [0.5, 0.6) is 0 Å². The fraction of sp³-hybridized carbons (Fsp3) is 0.0769. The number of rotatable bonds is 3. The van der Waals surface area contributed by atoms with Gasteiger partial charge in [-0.25, -0.2) is 4.98 Å². The molecule has 2 N–H and O–H groups in total. The number of aromatic nitrogens is 2. The van der Waals surface area contributed by atoms with Gasteiger partial charge in [-0.1, -0.05) is 41.9 Å². The highest BCUT2D eigenvalue weighted by Crippen LogP contribution is 2.04. The normalized spacial score (nSPS) is 12.5. The summed E-state index contributed by atoms with van der Waals surface area (Å²) in [6.07, 6.45) is 2.91. The molecule has 0 unspecified atom stereocenters. The largest absolute Gasteiger partial charge is 0.380 e. The van der Waals surface area contributed by atoms with Crippen molar-refractivity contribution < 1.29 is 0 Å². The molecule has 2 aromatic rings. The maximum absolute atomic E-state index is 5.77. The maximum Gasteiger partial charge on any atom is 0.173 e. The zero-order chi connectivity index (χ0) is 13.7. The third kappa shape index (κ3) is 3.59. The van der Waals surface area contributed by atoms with Gasteiger partial charge in [-0.15, -0.1) is 5.10 Å². The highest BCUT2D eigenvalue weighted by Gasteiger charge is 2.02. The van der Waals surface area contributed by atoms with E-state index in [-0.39, 0.29) is 11.0 Å². The first-order chi connectivity index (χ1) is 9.16. The summed E-state index contributed by atoms with van der Waals surface area (Å²) < 4.78 is 0. The summed E-state index contributed by atoms with van der Waals surface area (Å²) in [6.45, 7) is 1.86. The van der Waals surface area contributed by atoms with Crippen molar-refractivity contribution in [2.75, 3.05) is 0 Å². The molecule has 0 saturated heterocycles. The fourth-order valence-electron chi connectivity index (χ4n) is 1.38. The molecule has 0 aliphatic heterocycles. The lowest BCUT2D eigenvalue weighted by atomic mass is 10.1. The van der Waals surface area contributed by atoms with E-state index in [9.17, 15) is 0 Å². The Hall–Kier alpha value is -2.27. The summed E-state index contributed by atoms with van der Waals surface area (Å²) in [5, 5.41) is 8.27. The van der Waals surface area contributed by atoms with E-state index in [2.05, 4.69) is 20.2 Å². The molecule has 0 aliphatic carbocycles. The summed E-state index contributed by atoms with van der Waals surface area (Å²) in [7, 11) is 0. The van der Waals surface area contributed by atoms with Crippen molar-refractivity contribution in [2.24, 2.45) is 15.9 Å². The number of nitrogens with zero attached hydrogens (tertiary/aromatic N) is 4. The average Bonchev–Trinajstić information content (AvgIpc) is 2.45. The Bertz CT molecular complexity index is 622. The summed E-state index contributed by atoms with van der Waals surface area (Å²) in [6, 6.07) is 9.71. The molecule has 19 heavy (non-hydrogen) atoms. The lowest BCUT2D eigenvalue weighted by molar-refractivity contribution is 1.14. The molecule has 0 saturated carbocycles. The van der Waals surface area contributed by atoms with Crippen molar-refractivity contribution in [1.82, 2.24) is 9.97 Å². The lowest BCUT2D eigenvalue weighted by Crippen LogP contribution is -2.15. The summed E-state index contributed by atoms with van der Waals surface area (Å²) in [5.41, 5.74) is 7.92. The molecule has 0 bridgehead atoms. The topological polar surface area (TPSA) is 76.5 Å². The number of halogens is 1. The van der Waals surface area contributed by atoms with Gasteiger partial charge in [-0.2, -0.15) is 5.10 Å². The minimum atomic E-state index is 0.172. The van der Waals surface area contributed by atoms with Gasteiger partial charge in [-0.05, 0) is 12.5 Å². The molecule has 5 nitrogen and oxygen atoms in total. The van der Waals surface area contributed by atoms with E-state index in [4.69, 9.17) is 17.3 Å². The van der Waals surface area contributed by atoms with Gasteiger partial charge in [0, 0.05) is 0 Å². The van der Waals surface area contributed by atoms with Crippen LogP contribution in [-0.4, -0.2) is 21.5 Å². The minimum absolute atomic E-state index is 0.172. The molecule has 6 heteroatoms. The quantitative estimate of drug-likeness (QED) is 0.529. The highest BCUT2D eigenvalue weighted by atomic mass is 35.5. The summed E-state index contributed by atoms with van der Waals surface area (Å²) in [4.78, 5) is 7.89. The van der Waals surface area contributed by atoms with Crippen LogP contribution < -0.4 is 5.73 Å². The Balaban J connectivity index is 2.22. The van der Waals surface area contributed by atoms with Gasteiger partial charge >= 0.3 is 0 Å².